The minimum absolute atomic E-state index is 0.180. The second-order valence-electron chi connectivity index (χ2n) is 7.51. The maximum absolute atomic E-state index is 3.69. The van der Waals surface area contributed by atoms with Crippen LogP contribution in [0, 0.1) is 12.8 Å². The topological polar surface area (TPSA) is 12.0 Å². The Morgan fingerprint density at radius 2 is 1.81 bits per heavy atom. The van der Waals surface area contributed by atoms with Crippen LogP contribution in [0.25, 0.3) is 6.08 Å². The van der Waals surface area contributed by atoms with Gasteiger partial charge in [0.25, 0.3) is 0 Å². The van der Waals surface area contributed by atoms with Gasteiger partial charge in [0.2, 0.25) is 0 Å². The Kier molecular flexibility index (Phi) is 5.64. The lowest BCUT2D eigenvalue weighted by molar-refractivity contribution is 0.378. The number of nitrogens with one attached hydrogen (secondary N) is 1. The van der Waals surface area contributed by atoms with Crippen molar-refractivity contribution in [2.24, 2.45) is 5.92 Å². The normalized spacial score (nSPS) is 18.0. The molecule has 0 heterocycles. The van der Waals surface area contributed by atoms with E-state index in [0.29, 0.717) is 0 Å². The van der Waals surface area contributed by atoms with Crippen LogP contribution in [-0.2, 0) is 0 Å². The fourth-order valence-electron chi connectivity index (χ4n) is 3.10. The molecule has 1 nitrogen and oxygen atoms in total. The molecule has 1 heteroatoms. The Morgan fingerprint density at radius 1 is 1.14 bits per heavy atom. The average molecular weight is 285 g/mol. The van der Waals surface area contributed by atoms with Gasteiger partial charge in [0.05, 0.1) is 0 Å². The van der Waals surface area contributed by atoms with Crippen molar-refractivity contribution in [2.75, 3.05) is 6.54 Å². The first-order valence-electron chi connectivity index (χ1n) is 8.47. The fourth-order valence-corrected chi connectivity index (χ4v) is 3.10. The minimum atomic E-state index is 0.180. The molecule has 0 amide bonds. The summed E-state index contributed by atoms with van der Waals surface area (Å²) in [6, 6.07) is 8.73. The van der Waals surface area contributed by atoms with Gasteiger partial charge in [-0.1, -0.05) is 55.2 Å². The highest BCUT2D eigenvalue weighted by Crippen LogP contribution is 2.31. The van der Waals surface area contributed by atoms with Crippen LogP contribution in [-0.4, -0.2) is 12.1 Å². The zero-order valence-electron chi connectivity index (χ0n) is 14.2. The molecular weight excluding hydrogens is 254 g/mol. The van der Waals surface area contributed by atoms with E-state index in [0.717, 1.165) is 12.5 Å². The first kappa shape index (κ1) is 16.3. The Labute approximate surface area is 130 Å². The number of benzene rings is 1. The first-order chi connectivity index (χ1) is 9.96. The van der Waals surface area contributed by atoms with E-state index in [2.05, 4.69) is 63.4 Å². The third-order valence-electron chi connectivity index (χ3n) is 4.48. The lowest BCUT2D eigenvalue weighted by atomic mass is 9.82. The second kappa shape index (κ2) is 7.26. The average Bonchev–Trinajstić information content (AvgIpc) is 2.45. The van der Waals surface area contributed by atoms with Gasteiger partial charge in [-0.3, -0.25) is 0 Å². The molecule has 0 spiro atoms. The van der Waals surface area contributed by atoms with Crippen molar-refractivity contribution in [2.45, 2.75) is 65.3 Å². The number of rotatable bonds is 4. The number of hydrogen-bond acceptors (Lipinski definition) is 1. The predicted octanol–water partition coefficient (Wildman–Crippen LogP) is 5.35. The third-order valence-corrected chi connectivity index (χ3v) is 4.48. The monoisotopic (exact) mass is 285 g/mol. The Morgan fingerprint density at radius 3 is 2.43 bits per heavy atom. The van der Waals surface area contributed by atoms with Crippen LogP contribution in [0.15, 0.2) is 29.8 Å². The van der Waals surface area contributed by atoms with Crippen molar-refractivity contribution in [1.29, 1.82) is 0 Å². The second-order valence-corrected chi connectivity index (χ2v) is 7.51. The highest BCUT2D eigenvalue weighted by Gasteiger charge is 2.19. The molecule has 1 saturated carbocycles. The summed E-state index contributed by atoms with van der Waals surface area (Å²) in [5.74, 6) is 0.771. The lowest BCUT2D eigenvalue weighted by Gasteiger charge is -2.28. The van der Waals surface area contributed by atoms with E-state index in [4.69, 9.17) is 0 Å². The molecule has 0 aliphatic heterocycles. The summed E-state index contributed by atoms with van der Waals surface area (Å²) in [6.45, 7) is 9.97. The van der Waals surface area contributed by atoms with Gasteiger partial charge < -0.3 is 5.32 Å². The van der Waals surface area contributed by atoms with E-state index in [1.54, 1.807) is 5.57 Å². The van der Waals surface area contributed by atoms with Gasteiger partial charge in [0.15, 0.2) is 0 Å². The van der Waals surface area contributed by atoms with Crippen LogP contribution in [0.4, 0.5) is 0 Å². The third kappa shape index (κ3) is 5.32. The van der Waals surface area contributed by atoms with Crippen molar-refractivity contribution in [3.63, 3.8) is 0 Å². The van der Waals surface area contributed by atoms with Gasteiger partial charge in [-0.15, -0.1) is 0 Å². The predicted molar refractivity (Wildman–Crippen MR) is 93.5 cm³/mol. The van der Waals surface area contributed by atoms with Gasteiger partial charge in [0.1, 0.15) is 0 Å². The summed E-state index contributed by atoms with van der Waals surface area (Å²) in [5, 5.41) is 3.69. The number of hydrogen-bond donors (Lipinski definition) is 1. The molecule has 0 atom stereocenters. The maximum Gasteiger partial charge on any atom is 0.0175 e. The van der Waals surface area contributed by atoms with Gasteiger partial charge in [-0.2, -0.15) is 0 Å². The molecule has 2 rings (SSSR count). The van der Waals surface area contributed by atoms with E-state index in [9.17, 15) is 0 Å². The van der Waals surface area contributed by atoms with Crippen molar-refractivity contribution < 1.29 is 0 Å². The molecule has 1 aromatic rings. The van der Waals surface area contributed by atoms with Crippen LogP contribution in [0.1, 0.15) is 64.0 Å². The van der Waals surface area contributed by atoms with Crippen LogP contribution >= 0.6 is 0 Å². The van der Waals surface area contributed by atoms with Gasteiger partial charge in [0, 0.05) is 12.1 Å². The van der Waals surface area contributed by atoms with E-state index in [1.807, 2.05) is 0 Å². The Balaban J connectivity index is 2.20. The quantitative estimate of drug-likeness (QED) is 0.786. The highest BCUT2D eigenvalue weighted by atomic mass is 14.9. The van der Waals surface area contributed by atoms with E-state index >= 15 is 0 Å². The Bertz CT molecular complexity index is 473. The van der Waals surface area contributed by atoms with Crippen molar-refractivity contribution in [3.8, 4) is 0 Å². The highest BCUT2D eigenvalue weighted by molar-refractivity contribution is 5.57. The van der Waals surface area contributed by atoms with Crippen molar-refractivity contribution in [1.82, 2.24) is 5.32 Å². The molecule has 0 bridgehead atoms. The van der Waals surface area contributed by atoms with E-state index < -0.39 is 0 Å². The molecule has 1 aliphatic carbocycles. The molecule has 0 unspecified atom stereocenters. The van der Waals surface area contributed by atoms with Crippen LogP contribution in [0.2, 0.25) is 0 Å². The van der Waals surface area contributed by atoms with E-state index in [-0.39, 0.29) is 5.54 Å². The summed E-state index contributed by atoms with van der Waals surface area (Å²) in [5.41, 5.74) is 4.54. The molecule has 1 N–H and O–H groups in total. The van der Waals surface area contributed by atoms with Crippen LogP contribution in [0.5, 0.6) is 0 Å². The standard InChI is InChI=1S/C20H31N/c1-16-10-8-9-13-18(16)14-19(15-21-20(2,3)4)17-11-6-5-7-12-17/h8-10,13-14,17,21H,5-7,11-12,15H2,1-4H3/b19-14-. The fraction of sp³-hybridized carbons (Fsp3) is 0.600. The van der Waals surface area contributed by atoms with Gasteiger partial charge in [-0.25, -0.2) is 0 Å². The largest absolute Gasteiger partial charge is 0.308 e. The SMILES string of the molecule is Cc1ccccc1/C=C(/CNC(C)(C)C)C1CCCCC1. The summed E-state index contributed by atoms with van der Waals surface area (Å²) in [6.07, 6.45) is 9.38. The molecule has 0 radical (unpaired) electrons. The molecule has 21 heavy (non-hydrogen) atoms. The molecular formula is C20H31N. The first-order valence-corrected chi connectivity index (χ1v) is 8.47. The summed E-state index contributed by atoms with van der Waals surface area (Å²) < 4.78 is 0. The summed E-state index contributed by atoms with van der Waals surface area (Å²) in [7, 11) is 0. The van der Waals surface area contributed by atoms with Crippen molar-refractivity contribution >= 4 is 6.08 Å². The maximum atomic E-state index is 3.69. The van der Waals surface area contributed by atoms with Crippen LogP contribution in [0.3, 0.4) is 0 Å². The zero-order chi connectivity index (χ0) is 15.3. The molecule has 0 aromatic heterocycles. The van der Waals surface area contributed by atoms with Gasteiger partial charge >= 0.3 is 0 Å². The number of aryl methyl sites for hydroxylation is 1. The van der Waals surface area contributed by atoms with Crippen molar-refractivity contribution in [3.05, 3.63) is 41.0 Å². The van der Waals surface area contributed by atoms with E-state index in [1.165, 1.54) is 43.2 Å². The smallest absolute Gasteiger partial charge is 0.0175 e. The molecule has 1 aromatic carbocycles. The lowest BCUT2D eigenvalue weighted by Crippen LogP contribution is -2.38. The molecule has 0 saturated heterocycles. The van der Waals surface area contributed by atoms with Gasteiger partial charge in [-0.05, 0) is 57.6 Å². The summed E-state index contributed by atoms with van der Waals surface area (Å²) >= 11 is 0. The molecule has 1 aliphatic rings. The van der Waals surface area contributed by atoms with Crippen LogP contribution < -0.4 is 5.32 Å². The zero-order valence-corrected chi connectivity index (χ0v) is 14.2. The molecule has 116 valence electrons. The Hall–Kier alpha value is -1.08. The summed E-state index contributed by atoms with van der Waals surface area (Å²) in [4.78, 5) is 0. The minimum Gasteiger partial charge on any atom is -0.308 e. The molecule has 1 fully saturated rings.